The molecule has 180 valence electrons. The van der Waals surface area contributed by atoms with Gasteiger partial charge >= 0.3 is 18.3 Å². The van der Waals surface area contributed by atoms with Crippen molar-refractivity contribution in [3.63, 3.8) is 0 Å². The van der Waals surface area contributed by atoms with Gasteiger partial charge in [-0.1, -0.05) is 0 Å². The first-order chi connectivity index (χ1) is 14.2. The van der Waals surface area contributed by atoms with Crippen LogP contribution in [0.5, 0.6) is 0 Å². The van der Waals surface area contributed by atoms with E-state index in [0.29, 0.717) is 0 Å². The topological polar surface area (TPSA) is 111 Å². The van der Waals surface area contributed by atoms with Gasteiger partial charge in [0.1, 0.15) is 16.8 Å². The highest BCUT2D eigenvalue weighted by Crippen LogP contribution is 2.27. The third-order valence-corrected chi connectivity index (χ3v) is 3.24. The molecule has 1 rings (SSSR count). The van der Waals surface area contributed by atoms with Crippen molar-refractivity contribution in [2.75, 3.05) is 5.01 Å². The van der Waals surface area contributed by atoms with Crippen LogP contribution >= 0.6 is 11.6 Å². The number of hydrogen-bond acceptors (Lipinski definition) is 8. The standard InChI is InChI=1S/C20H30ClFN4O6/c1-11-12(22)13(24-14(21)23-11)25(15(27)30-18(2,3)4)26(16(28)31-19(5,6)7)17(29)32-20(8,9)10/h1-10H3. The molecule has 0 radical (unpaired) electrons. The first-order valence-corrected chi connectivity index (χ1v) is 10.1. The van der Waals surface area contributed by atoms with Crippen LogP contribution in [0.1, 0.15) is 68.0 Å². The third-order valence-electron chi connectivity index (χ3n) is 3.07. The smallest absolute Gasteiger partial charge is 0.440 e. The van der Waals surface area contributed by atoms with Crippen molar-refractivity contribution in [2.24, 2.45) is 0 Å². The Bertz CT molecular complexity index is 862. The summed E-state index contributed by atoms with van der Waals surface area (Å²) < 4.78 is 30.8. The fourth-order valence-corrected chi connectivity index (χ4v) is 2.27. The minimum absolute atomic E-state index is 0.172. The summed E-state index contributed by atoms with van der Waals surface area (Å²) in [4.78, 5) is 46.5. The number of hydrazine groups is 1. The zero-order valence-corrected chi connectivity index (χ0v) is 20.8. The molecule has 0 atom stereocenters. The van der Waals surface area contributed by atoms with Gasteiger partial charge in [-0.05, 0) is 80.8 Å². The number of anilines is 1. The van der Waals surface area contributed by atoms with Crippen LogP contribution in [0.4, 0.5) is 24.6 Å². The largest absolute Gasteiger partial charge is 0.442 e. The van der Waals surface area contributed by atoms with Gasteiger partial charge < -0.3 is 14.2 Å². The van der Waals surface area contributed by atoms with Crippen molar-refractivity contribution in [2.45, 2.75) is 86.0 Å². The third kappa shape index (κ3) is 8.10. The van der Waals surface area contributed by atoms with E-state index in [1.807, 2.05) is 0 Å². The van der Waals surface area contributed by atoms with Gasteiger partial charge in [0.15, 0.2) is 11.6 Å². The molecule has 0 saturated carbocycles. The predicted molar refractivity (Wildman–Crippen MR) is 115 cm³/mol. The second-order valence-corrected chi connectivity index (χ2v) is 10.1. The fraction of sp³-hybridized carbons (Fsp3) is 0.650. The first kappa shape index (κ1) is 27.3. The van der Waals surface area contributed by atoms with E-state index in [2.05, 4.69) is 9.97 Å². The summed E-state index contributed by atoms with van der Waals surface area (Å²) in [5.41, 5.74) is -3.46. The summed E-state index contributed by atoms with van der Waals surface area (Å²) in [7, 11) is 0. The molecule has 0 N–H and O–H groups in total. The van der Waals surface area contributed by atoms with Crippen molar-refractivity contribution in [1.82, 2.24) is 15.0 Å². The Morgan fingerprint density at radius 2 is 1.16 bits per heavy atom. The summed E-state index contributed by atoms with van der Waals surface area (Å²) in [6, 6.07) is 0. The van der Waals surface area contributed by atoms with Gasteiger partial charge in [0.2, 0.25) is 5.28 Å². The molecular weight excluding hydrogens is 447 g/mol. The van der Waals surface area contributed by atoms with Crippen LogP contribution in [0.2, 0.25) is 5.28 Å². The lowest BCUT2D eigenvalue weighted by Crippen LogP contribution is -2.57. The molecule has 0 aromatic carbocycles. The van der Waals surface area contributed by atoms with Crippen LogP contribution in [0, 0.1) is 12.7 Å². The number of amides is 3. The molecule has 0 spiro atoms. The van der Waals surface area contributed by atoms with Gasteiger partial charge in [0.25, 0.3) is 0 Å². The van der Waals surface area contributed by atoms with Gasteiger partial charge in [-0.3, -0.25) is 0 Å². The zero-order valence-electron chi connectivity index (χ0n) is 20.0. The number of hydrogen-bond donors (Lipinski definition) is 0. The Balaban J connectivity index is 3.78. The van der Waals surface area contributed by atoms with Crippen molar-refractivity contribution in [1.29, 1.82) is 0 Å². The van der Waals surface area contributed by atoms with Gasteiger partial charge in [0.05, 0.1) is 5.69 Å². The van der Waals surface area contributed by atoms with E-state index < -0.39 is 52.0 Å². The number of ether oxygens (including phenoxy) is 3. The summed E-state index contributed by atoms with van der Waals surface area (Å²) in [5.74, 6) is -1.91. The molecule has 3 amide bonds. The second kappa shape index (κ2) is 9.43. The highest BCUT2D eigenvalue weighted by atomic mass is 35.5. The summed E-state index contributed by atoms with van der Waals surface area (Å²) >= 11 is 5.86. The van der Waals surface area contributed by atoms with E-state index in [1.54, 1.807) is 62.3 Å². The lowest BCUT2D eigenvalue weighted by Gasteiger charge is -2.35. The number of aromatic nitrogens is 2. The van der Waals surface area contributed by atoms with E-state index in [4.69, 9.17) is 25.8 Å². The Morgan fingerprint density at radius 1 is 0.781 bits per heavy atom. The molecule has 0 fully saturated rings. The van der Waals surface area contributed by atoms with Crippen LogP contribution in [-0.4, -0.2) is 50.1 Å². The molecule has 0 aliphatic rings. The second-order valence-electron chi connectivity index (χ2n) is 9.78. The Hall–Kier alpha value is -2.69. The molecule has 0 aliphatic heterocycles. The van der Waals surface area contributed by atoms with Gasteiger partial charge in [-0.15, -0.1) is 10.0 Å². The Labute approximate surface area is 191 Å². The maximum absolute atomic E-state index is 15.0. The van der Waals surface area contributed by atoms with E-state index >= 15 is 4.39 Å². The quantitative estimate of drug-likeness (QED) is 0.300. The minimum atomic E-state index is -1.33. The highest BCUT2D eigenvalue weighted by molar-refractivity contribution is 6.28. The summed E-state index contributed by atoms with van der Waals surface area (Å²) in [6.45, 7) is 15.2. The number of halogens is 2. The molecule has 0 unspecified atom stereocenters. The zero-order chi connectivity index (χ0) is 25.2. The Kier molecular flexibility index (Phi) is 8.06. The molecule has 1 aromatic rings. The molecule has 0 saturated heterocycles. The number of carbonyl (C=O) groups excluding carboxylic acids is 3. The summed E-state index contributed by atoms with van der Waals surface area (Å²) in [5, 5.41) is 0.0236. The number of aryl methyl sites for hydroxylation is 1. The van der Waals surface area contributed by atoms with E-state index in [0.717, 1.165) is 0 Å². The average Bonchev–Trinajstić information content (AvgIpc) is 2.50. The molecule has 1 heterocycles. The van der Waals surface area contributed by atoms with Crippen LogP contribution in [0.15, 0.2) is 0 Å². The number of imide groups is 1. The Morgan fingerprint density at radius 3 is 1.53 bits per heavy atom. The SMILES string of the molecule is Cc1nc(Cl)nc(N(C(=O)OC(C)(C)C)N(C(=O)OC(C)(C)C)C(=O)OC(C)(C)C)c1F. The van der Waals surface area contributed by atoms with Crippen LogP contribution in [0.25, 0.3) is 0 Å². The van der Waals surface area contributed by atoms with Crippen molar-refractivity contribution in [3.05, 3.63) is 16.8 Å². The van der Waals surface area contributed by atoms with Gasteiger partial charge in [0, 0.05) is 0 Å². The van der Waals surface area contributed by atoms with Crippen LogP contribution in [-0.2, 0) is 14.2 Å². The average molecular weight is 477 g/mol. The van der Waals surface area contributed by atoms with Gasteiger partial charge in [-0.25, -0.2) is 23.8 Å². The number of nitrogens with zero attached hydrogens (tertiary/aromatic N) is 4. The number of rotatable bonds is 1. The highest BCUT2D eigenvalue weighted by Gasteiger charge is 2.43. The fourth-order valence-electron chi connectivity index (χ4n) is 2.07. The molecule has 0 bridgehead atoms. The first-order valence-electron chi connectivity index (χ1n) is 9.70. The molecule has 1 aromatic heterocycles. The molecular formula is C20H30ClFN4O6. The molecule has 10 nitrogen and oxygen atoms in total. The normalized spacial score (nSPS) is 12.1. The molecule has 32 heavy (non-hydrogen) atoms. The minimum Gasteiger partial charge on any atom is -0.442 e. The monoisotopic (exact) mass is 476 g/mol. The van der Waals surface area contributed by atoms with Crippen LogP contribution in [0.3, 0.4) is 0 Å². The van der Waals surface area contributed by atoms with Crippen molar-refractivity contribution < 1.29 is 33.0 Å². The van der Waals surface area contributed by atoms with Crippen LogP contribution < -0.4 is 5.01 Å². The van der Waals surface area contributed by atoms with Gasteiger partial charge in [-0.2, -0.15) is 4.98 Å². The van der Waals surface area contributed by atoms with E-state index in [1.165, 1.54) is 6.92 Å². The summed E-state index contributed by atoms with van der Waals surface area (Å²) in [6.07, 6.45) is -3.96. The number of carbonyl (C=O) groups is 3. The lowest BCUT2D eigenvalue weighted by atomic mass is 10.2. The van der Waals surface area contributed by atoms with Crippen molar-refractivity contribution in [3.8, 4) is 0 Å². The van der Waals surface area contributed by atoms with Crippen molar-refractivity contribution >= 4 is 35.7 Å². The van der Waals surface area contributed by atoms with E-state index in [-0.39, 0.29) is 15.7 Å². The predicted octanol–water partition coefficient (Wildman–Crippen LogP) is 5.41. The molecule has 0 aliphatic carbocycles. The van der Waals surface area contributed by atoms with E-state index in [9.17, 15) is 14.4 Å². The lowest BCUT2D eigenvalue weighted by molar-refractivity contribution is -0.00705. The molecule has 12 heteroatoms. The maximum atomic E-state index is 15.0. The maximum Gasteiger partial charge on any atom is 0.440 e.